The van der Waals surface area contributed by atoms with Crippen LogP contribution in [0.15, 0.2) is 54.6 Å². The van der Waals surface area contributed by atoms with Gasteiger partial charge in [-0.25, -0.2) is 4.79 Å². The molecule has 2 aromatic carbocycles. The lowest BCUT2D eigenvalue weighted by atomic mass is 10.1. The smallest absolute Gasteiger partial charge is 0.460 e. The fraction of sp³-hybridized carbons (Fsp3) is 0.469. The Morgan fingerprint density at radius 3 is 1.96 bits per heavy atom. The highest BCUT2D eigenvalue weighted by Crippen LogP contribution is 2.25. The Hall–Kier alpha value is -4.82. The Bertz CT molecular complexity index is 1390. The van der Waals surface area contributed by atoms with E-state index >= 15 is 0 Å². The number of alkyl carbamates (subject to hydrolysis) is 1. The molecule has 0 fully saturated rings. The Morgan fingerprint density at radius 2 is 1.36 bits per heavy atom. The van der Waals surface area contributed by atoms with Crippen molar-refractivity contribution in [3.05, 3.63) is 60.2 Å². The molecule has 2 rings (SSSR count). The third-order valence-corrected chi connectivity index (χ3v) is 5.64. The van der Waals surface area contributed by atoms with Crippen molar-refractivity contribution in [1.29, 1.82) is 0 Å². The summed E-state index contributed by atoms with van der Waals surface area (Å²) in [5, 5.41) is 7.09. The highest BCUT2D eigenvalue weighted by molar-refractivity contribution is 5.99. The molecule has 15 heteroatoms. The van der Waals surface area contributed by atoms with Crippen molar-refractivity contribution in [1.82, 2.24) is 10.6 Å². The minimum absolute atomic E-state index is 0.110. The van der Waals surface area contributed by atoms with E-state index in [1.165, 1.54) is 12.1 Å². The van der Waals surface area contributed by atoms with Gasteiger partial charge in [0.15, 0.2) is 0 Å². The number of rotatable bonds is 13. The zero-order valence-electron chi connectivity index (χ0n) is 27.0. The Kier molecular flexibility index (Phi) is 13.6. The van der Waals surface area contributed by atoms with Crippen molar-refractivity contribution < 1.29 is 56.1 Å². The van der Waals surface area contributed by atoms with Crippen molar-refractivity contribution in [2.75, 3.05) is 5.32 Å². The number of ether oxygens (including phenoxy) is 4. The van der Waals surface area contributed by atoms with Crippen LogP contribution in [0.25, 0.3) is 0 Å². The maximum absolute atomic E-state index is 13.5. The van der Waals surface area contributed by atoms with E-state index in [1.807, 2.05) is 0 Å². The number of carbonyl (C=O) groups is 5. The summed E-state index contributed by atoms with van der Waals surface area (Å²) in [7, 11) is 0. The van der Waals surface area contributed by atoms with Crippen LogP contribution in [0.5, 0.6) is 5.75 Å². The minimum Gasteiger partial charge on any atom is -0.460 e. The Morgan fingerprint density at radius 1 is 0.745 bits per heavy atom. The minimum atomic E-state index is -4.98. The Labute approximate surface area is 270 Å². The van der Waals surface area contributed by atoms with Crippen LogP contribution in [0.4, 0.5) is 23.7 Å². The topological polar surface area (TPSA) is 158 Å². The average Bonchev–Trinajstić information content (AvgIpc) is 2.91. The first-order valence-corrected chi connectivity index (χ1v) is 14.6. The van der Waals surface area contributed by atoms with Gasteiger partial charge in [-0.15, -0.1) is 13.2 Å². The van der Waals surface area contributed by atoms with Gasteiger partial charge in [-0.2, -0.15) is 0 Å². The first kappa shape index (κ1) is 38.4. The molecule has 0 bridgehead atoms. The van der Waals surface area contributed by atoms with Crippen molar-refractivity contribution in [3.8, 4) is 5.75 Å². The molecule has 47 heavy (non-hydrogen) atoms. The summed E-state index contributed by atoms with van der Waals surface area (Å²) in [5.41, 5.74) is -1.23. The van der Waals surface area contributed by atoms with Gasteiger partial charge in [-0.05, 0) is 65.7 Å². The molecule has 0 aromatic heterocycles. The number of carbonyl (C=O) groups excluding carboxylic acids is 5. The highest BCUT2D eigenvalue weighted by Gasteiger charge is 2.33. The lowest BCUT2D eigenvalue weighted by Crippen LogP contribution is -2.53. The zero-order chi connectivity index (χ0) is 35.4. The predicted octanol–water partition coefficient (Wildman–Crippen LogP) is 5.16. The summed E-state index contributed by atoms with van der Waals surface area (Å²) in [6.07, 6.45) is -7.35. The maximum atomic E-state index is 13.5. The van der Waals surface area contributed by atoms with Gasteiger partial charge >= 0.3 is 24.4 Å². The number of nitrogens with one attached hydrogen (secondary N) is 3. The van der Waals surface area contributed by atoms with Gasteiger partial charge in [-0.3, -0.25) is 19.2 Å². The van der Waals surface area contributed by atoms with Crippen molar-refractivity contribution >= 4 is 35.5 Å². The highest BCUT2D eigenvalue weighted by atomic mass is 19.4. The van der Waals surface area contributed by atoms with Gasteiger partial charge in [0.25, 0.3) is 0 Å². The monoisotopic (exact) mass is 667 g/mol. The molecular formula is C32H40F3N3O9. The van der Waals surface area contributed by atoms with Gasteiger partial charge in [0.2, 0.25) is 11.8 Å². The molecule has 0 unspecified atom stereocenters. The van der Waals surface area contributed by atoms with Crippen LogP contribution in [-0.4, -0.2) is 59.5 Å². The van der Waals surface area contributed by atoms with E-state index in [2.05, 4.69) is 20.7 Å². The number of hydrogen-bond acceptors (Lipinski definition) is 9. The van der Waals surface area contributed by atoms with E-state index in [0.29, 0.717) is 5.56 Å². The number of amides is 3. The molecule has 3 N–H and O–H groups in total. The summed E-state index contributed by atoms with van der Waals surface area (Å²) in [6, 6.07) is 9.99. The van der Waals surface area contributed by atoms with E-state index in [9.17, 15) is 37.1 Å². The third kappa shape index (κ3) is 16.3. The molecule has 0 spiro atoms. The lowest BCUT2D eigenvalue weighted by Gasteiger charge is -2.25. The standard InChI is InChI=1S/C32H40F3N3O9/c1-30(2,3)46-25(39)16-15-23(27(41)36-21-13-10-14-22(17-21)45-32(33,34)35)37-28(42)24(18-26(40)47-31(4,5)6)38-29(43)44-19-20-11-8-7-9-12-20/h7-14,17,23-24H,15-16,18-19H2,1-6H3,(H,36,41)(H,37,42)(H,38,43)/t23-,24-/m0/s1. The molecule has 2 atom stereocenters. The molecule has 0 radical (unpaired) electrons. The quantitative estimate of drug-likeness (QED) is 0.194. The predicted molar refractivity (Wildman–Crippen MR) is 163 cm³/mol. The molecule has 0 aliphatic carbocycles. The van der Waals surface area contributed by atoms with Crippen molar-refractivity contribution in [2.45, 2.75) is 97.1 Å². The fourth-order valence-electron chi connectivity index (χ4n) is 3.86. The largest absolute Gasteiger partial charge is 0.573 e. The van der Waals surface area contributed by atoms with Gasteiger partial charge < -0.3 is 34.9 Å². The summed E-state index contributed by atoms with van der Waals surface area (Å²) in [4.78, 5) is 64.5. The lowest BCUT2D eigenvalue weighted by molar-refractivity contribution is -0.274. The number of halogens is 3. The number of hydrogen-bond donors (Lipinski definition) is 3. The Balaban J connectivity index is 2.28. The fourth-order valence-corrected chi connectivity index (χ4v) is 3.86. The first-order chi connectivity index (χ1) is 21.7. The van der Waals surface area contributed by atoms with Crippen molar-refractivity contribution in [2.24, 2.45) is 0 Å². The third-order valence-electron chi connectivity index (χ3n) is 5.64. The molecule has 0 aliphatic heterocycles. The van der Waals surface area contributed by atoms with E-state index in [1.54, 1.807) is 71.9 Å². The van der Waals surface area contributed by atoms with E-state index in [4.69, 9.17) is 14.2 Å². The normalized spacial score (nSPS) is 13.0. The second-order valence-electron chi connectivity index (χ2n) is 12.3. The van der Waals surface area contributed by atoms with Gasteiger partial charge in [0.05, 0.1) is 6.42 Å². The maximum Gasteiger partial charge on any atom is 0.573 e. The van der Waals surface area contributed by atoms with Crippen LogP contribution in [0.1, 0.15) is 66.4 Å². The number of alkyl halides is 3. The van der Waals surface area contributed by atoms with Crippen LogP contribution in [0, 0.1) is 0 Å². The molecule has 0 aliphatic rings. The van der Waals surface area contributed by atoms with Crippen LogP contribution < -0.4 is 20.7 Å². The first-order valence-electron chi connectivity index (χ1n) is 14.6. The summed E-state index contributed by atoms with van der Waals surface area (Å²) >= 11 is 0. The van der Waals surface area contributed by atoms with Crippen LogP contribution in [0.3, 0.4) is 0 Å². The van der Waals surface area contributed by atoms with Crippen LogP contribution >= 0.6 is 0 Å². The molecule has 0 heterocycles. The van der Waals surface area contributed by atoms with E-state index < -0.39 is 71.7 Å². The van der Waals surface area contributed by atoms with Crippen LogP contribution in [0.2, 0.25) is 0 Å². The average molecular weight is 668 g/mol. The molecule has 12 nitrogen and oxygen atoms in total. The molecule has 258 valence electrons. The molecule has 0 saturated carbocycles. The SMILES string of the molecule is CC(C)(C)OC(=O)CC[C@H](NC(=O)[C@H](CC(=O)OC(C)(C)C)NC(=O)OCc1ccccc1)C(=O)Nc1cccc(OC(F)(F)F)c1. The zero-order valence-corrected chi connectivity index (χ0v) is 27.0. The second kappa shape index (κ2) is 16.7. The van der Waals surface area contributed by atoms with Crippen LogP contribution in [-0.2, 0) is 40.0 Å². The summed E-state index contributed by atoms with van der Waals surface area (Å²) < 4.78 is 57.8. The molecule has 0 saturated heterocycles. The number of anilines is 1. The van der Waals surface area contributed by atoms with Gasteiger partial charge in [-0.1, -0.05) is 36.4 Å². The summed E-state index contributed by atoms with van der Waals surface area (Å²) in [5.74, 6) is -4.09. The molecular weight excluding hydrogens is 627 g/mol. The van der Waals surface area contributed by atoms with Crippen molar-refractivity contribution in [3.63, 3.8) is 0 Å². The van der Waals surface area contributed by atoms with E-state index in [-0.39, 0.29) is 25.1 Å². The number of benzene rings is 2. The summed E-state index contributed by atoms with van der Waals surface area (Å²) in [6.45, 7) is 9.57. The molecule has 2 aromatic rings. The van der Waals surface area contributed by atoms with Gasteiger partial charge in [0, 0.05) is 18.2 Å². The number of esters is 2. The second-order valence-corrected chi connectivity index (χ2v) is 12.3. The van der Waals surface area contributed by atoms with E-state index in [0.717, 1.165) is 12.1 Å². The van der Waals surface area contributed by atoms with Gasteiger partial charge in [0.1, 0.15) is 35.6 Å². The molecule has 3 amide bonds.